The molecule has 0 saturated heterocycles. The molecule has 0 aliphatic heterocycles. The van der Waals surface area contributed by atoms with Crippen molar-refractivity contribution in [2.45, 2.75) is 424 Å². The standard InChI is InChI=1S/C74H142O5/c1-3-5-7-9-11-13-15-17-19-21-23-25-27-29-31-33-34-35-36-37-38-39-40-41-43-45-47-49-51-53-55-57-59-61-63-65-67-69-74(77)79-72(70-75)71-78-73(76)68-66-64-62-60-58-56-54-52-50-48-46-44-42-32-30-28-26-24-22-20-18-16-14-12-10-8-6-4-2/h15,17,21,23,72,75H,3-14,16,18-20,22,24-71H2,1-2H3/b17-15-,23-21-. The molecule has 0 aliphatic carbocycles. The fourth-order valence-electron chi connectivity index (χ4n) is 11.5. The van der Waals surface area contributed by atoms with E-state index in [2.05, 4.69) is 38.2 Å². The number of ether oxygens (including phenoxy) is 2. The number of carbonyl (C=O) groups excluding carboxylic acids is 2. The van der Waals surface area contributed by atoms with Gasteiger partial charge in [-0.2, -0.15) is 0 Å². The third kappa shape index (κ3) is 68.8. The van der Waals surface area contributed by atoms with Crippen LogP contribution in [0.3, 0.4) is 0 Å². The van der Waals surface area contributed by atoms with Crippen LogP contribution in [0.5, 0.6) is 0 Å². The van der Waals surface area contributed by atoms with Crippen molar-refractivity contribution in [1.82, 2.24) is 0 Å². The van der Waals surface area contributed by atoms with Gasteiger partial charge in [0.15, 0.2) is 6.10 Å². The van der Waals surface area contributed by atoms with E-state index in [1.54, 1.807) is 0 Å². The number of esters is 2. The number of hydrogen-bond acceptors (Lipinski definition) is 5. The highest BCUT2D eigenvalue weighted by Crippen LogP contribution is 2.20. The summed E-state index contributed by atoms with van der Waals surface area (Å²) in [5.74, 6) is -0.561. The molecule has 0 aromatic carbocycles. The van der Waals surface area contributed by atoms with E-state index in [1.165, 1.54) is 353 Å². The van der Waals surface area contributed by atoms with Gasteiger partial charge in [0.2, 0.25) is 0 Å². The predicted octanol–water partition coefficient (Wildman–Crippen LogP) is 25.2. The normalized spacial score (nSPS) is 12.2. The number of hydrogen-bond donors (Lipinski definition) is 1. The first kappa shape index (κ1) is 77.4. The summed E-state index contributed by atoms with van der Waals surface area (Å²) in [7, 11) is 0. The van der Waals surface area contributed by atoms with E-state index in [0.717, 1.165) is 38.5 Å². The van der Waals surface area contributed by atoms with E-state index in [1.807, 2.05) is 0 Å². The second kappa shape index (κ2) is 70.6. The molecule has 0 rings (SSSR count). The van der Waals surface area contributed by atoms with Crippen LogP contribution in [0.1, 0.15) is 418 Å². The molecular weight excluding hydrogens is 969 g/mol. The second-order valence-electron chi connectivity index (χ2n) is 25.0. The minimum absolute atomic E-state index is 0.0570. The van der Waals surface area contributed by atoms with E-state index < -0.39 is 6.10 Å². The molecular formula is C74H142O5. The van der Waals surface area contributed by atoms with Crippen LogP contribution in [0.25, 0.3) is 0 Å². The van der Waals surface area contributed by atoms with Gasteiger partial charge in [-0.15, -0.1) is 0 Å². The lowest BCUT2D eigenvalue weighted by Gasteiger charge is -2.15. The van der Waals surface area contributed by atoms with Gasteiger partial charge in [-0.1, -0.05) is 385 Å². The maximum Gasteiger partial charge on any atom is 0.306 e. The number of rotatable bonds is 69. The molecule has 5 nitrogen and oxygen atoms in total. The number of aliphatic hydroxyl groups excluding tert-OH is 1. The zero-order chi connectivity index (χ0) is 56.9. The fraction of sp³-hybridized carbons (Fsp3) is 0.919. The lowest BCUT2D eigenvalue weighted by atomic mass is 10.0. The molecule has 79 heavy (non-hydrogen) atoms. The lowest BCUT2D eigenvalue weighted by Crippen LogP contribution is -2.28. The van der Waals surface area contributed by atoms with Crippen LogP contribution >= 0.6 is 0 Å². The van der Waals surface area contributed by atoms with Crippen molar-refractivity contribution in [2.24, 2.45) is 0 Å². The summed E-state index contributed by atoms with van der Waals surface area (Å²) in [5, 5.41) is 9.71. The third-order valence-corrected chi connectivity index (χ3v) is 17.0. The third-order valence-electron chi connectivity index (χ3n) is 17.0. The van der Waals surface area contributed by atoms with E-state index in [9.17, 15) is 14.7 Å². The van der Waals surface area contributed by atoms with Crippen LogP contribution in [0, 0.1) is 0 Å². The fourth-order valence-corrected chi connectivity index (χ4v) is 11.5. The molecule has 1 unspecified atom stereocenters. The summed E-state index contributed by atoms with van der Waals surface area (Å²) in [4.78, 5) is 24.7. The molecule has 0 bridgehead atoms. The summed E-state index contributed by atoms with van der Waals surface area (Å²) in [6, 6.07) is 0. The Morgan fingerprint density at radius 1 is 0.291 bits per heavy atom. The lowest BCUT2D eigenvalue weighted by molar-refractivity contribution is -0.161. The topological polar surface area (TPSA) is 72.8 Å². The van der Waals surface area contributed by atoms with Gasteiger partial charge in [-0.25, -0.2) is 0 Å². The van der Waals surface area contributed by atoms with Gasteiger partial charge in [-0.05, 0) is 44.9 Å². The van der Waals surface area contributed by atoms with Crippen LogP contribution in [-0.2, 0) is 19.1 Å². The van der Waals surface area contributed by atoms with E-state index in [0.29, 0.717) is 12.8 Å². The Kier molecular flexibility index (Phi) is 69.2. The van der Waals surface area contributed by atoms with Crippen molar-refractivity contribution in [3.8, 4) is 0 Å². The van der Waals surface area contributed by atoms with Crippen molar-refractivity contribution in [1.29, 1.82) is 0 Å². The van der Waals surface area contributed by atoms with E-state index >= 15 is 0 Å². The molecule has 0 amide bonds. The largest absolute Gasteiger partial charge is 0.462 e. The highest BCUT2D eigenvalue weighted by atomic mass is 16.6. The first-order valence-corrected chi connectivity index (χ1v) is 36.4. The van der Waals surface area contributed by atoms with Gasteiger partial charge in [0.1, 0.15) is 6.61 Å². The summed E-state index contributed by atoms with van der Waals surface area (Å²) in [5.41, 5.74) is 0. The van der Waals surface area contributed by atoms with Crippen LogP contribution in [0.4, 0.5) is 0 Å². The quantitative estimate of drug-likeness (QED) is 0.0373. The molecule has 1 atom stereocenters. The zero-order valence-electron chi connectivity index (χ0n) is 53.9. The Labute approximate surface area is 495 Å². The molecule has 0 saturated carbocycles. The van der Waals surface area contributed by atoms with Crippen LogP contribution < -0.4 is 0 Å². The molecule has 468 valence electrons. The smallest absolute Gasteiger partial charge is 0.306 e. The Balaban J connectivity index is 3.36. The minimum atomic E-state index is -0.768. The number of aliphatic hydroxyl groups is 1. The Morgan fingerprint density at radius 2 is 0.506 bits per heavy atom. The maximum atomic E-state index is 12.4. The highest BCUT2D eigenvalue weighted by molar-refractivity contribution is 5.70. The molecule has 1 N–H and O–H groups in total. The van der Waals surface area contributed by atoms with Gasteiger partial charge in [0.05, 0.1) is 6.61 Å². The molecule has 0 heterocycles. The molecule has 0 aromatic rings. The van der Waals surface area contributed by atoms with Gasteiger partial charge < -0.3 is 14.6 Å². The molecule has 5 heteroatoms. The second-order valence-corrected chi connectivity index (χ2v) is 25.0. The van der Waals surface area contributed by atoms with Gasteiger partial charge in [0, 0.05) is 12.8 Å². The van der Waals surface area contributed by atoms with Gasteiger partial charge in [0.25, 0.3) is 0 Å². The summed E-state index contributed by atoms with van der Waals surface area (Å²) in [6.07, 6.45) is 92.4. The minimum Gasteiger partial charge on any atom is -0.462 e. The highest BCUT2D eigenvalue weighted by Gasteiger charge is 2.16. The monoisotopic (exact) mass is 1110 g/mol. The van der Waals surface area contributed by atoms with Gasteiger partial charge >= 0.3 is 11.9 Å². The number of unbranched alkanes of at least 4 members (excludes halogenated alkanes) is 57. The average Bonchev–Trinajstić information content (AvgIpc) is 3.45. The van der Waals surface area contributed by atoms with Gasteiger partial charge in [-0.3, -0.25) is 9.59 Å². The van der Waals surface area contributed by atoms with Crippen molar-refractivity contribution in [3.05, 3.63) is 24.3 Å². The Bertz CT molecular complexity index is 1210. The van der Waals surface area contributed by atoms with Crippen LogP contribution in [0.15, 0.2) is 24.3 Å². The van der Waals surface area contributed by atoms with E-state index in [-0.39, 0.29) is 25.2 Å². The van der Waals surface area contributed by atoms with Crippen molar-refractivity contribution in [3.63, 3.8) is 0 Å². The summed E-state index contributed by atoms with van der Waals surface area (Å²) in [6.45, 7) is 4.21. The zero-order valence-corrected chi connectivity index (χ0v) is 53.9. The Hall–Kier alpha value is -1.62. The van der Waals surface area contributed by atoms with Crippen molar-refractivity contribution >= 4 is 11.9 Å². The van der Waals surface area contributed by atoms with Crippen LogP contribution in [-0.4, -0.2) is 36.4 Å². The maximum absolute atomic E-state index is 12.4. The molecule has 0 aromatic heterocycles. The predicted molar refractivity (Wildman–Crippen MR) is 348 cm³/mol. The van der Waals surface area contributed by atoms with E-state index in [4.69, 9.17) is 9.47 Å². The van der Waals surface area contributed by atoms with Crippen LogP contribution in [0.2, 0.25) is 0 Å². The average molecular weight is 1110 g/mol. The summed E-state index contributed by atoms with van der Waals surface area (Å²) >= 11 is 0. The number of carbonyl (C=O) groups is 2. The first-order valence-electron chi connectivity index (χ1n) is 36.4. The molecule has 0 aliphatic rings. The SMILES string of the molecule is CCCCCCC/C=C\C/C=C\CCCCCCCCCCCCCCCCCCCCCCCCCCCC(=O)OC(CO)COC(=O)CCCCCCCCCCCCCCCCCCCCCCCCCCCCCC. The Morgan fingerprint density at radius 3 is 0.747 bits per heavy atom. The van der Waals surface area contributed by atoms with Crippen molar-refractivity contribution < 1.29 is 24.2 Å². The number of allylic oxidation sites excluding steroid dienone is 4. The van der Waals surface area contributed by atoms with Crippen molar-refractivity contribution in [2.75, 3.05) is 13.2 Å². The summed E-state index contributed by atoms with van der Waals surface area (Å²) < 4.78 is 10.8. The molecule has 0 spiro atoms. The molecule has 0 radical (unpaired) electrons. The molecule has 0 fully saturated rings. The first-order chi connectivity index (χ1) is 39.1.